The van der Waals surface area contributed by atoms with Crippen LogP contribution in [0.2, 0.25) is 0 Å². The van der Waals surface area contributed by atoms with E-state index in [0.29, 0.717) is 24.6 Å². The third-order valence-electron chi connectivity index (χ3n) is 2.52. The molecule has 0 bridgehead atoms. The Morgan fingerprint density at radius 1 is 1.52 bits per heavy atom. The van der Waals surface area contributed by atoms with Gasteiger partial charge in [0, 0.05) is 31.7 Å². The van der Waals surface area contributed by atoms with Crippen LogP contribution in [0.25, 0.3) is 0 Å². The second kappa shape index (κ2) is 8.30. The molecule has 1 rings (SSSR count). The number of carbonyl (C=O) groups excluding carboxylic acids is 1. The molecule has 0 radical (unpaired) electrons. The normalized spacial score (nSPS) is 11.7. The van der Waals surface area contributed by atoms with E-state index < -0.39 is 18.6 Å². The molecule has 5 nitrogen and oxygen atoms in total. The fourth-order valence-corrected chi connectivity index (χ4v) is 2.28. The predicted octanol–water partition coefficient (Wildman–Crippen LogP) is 2.03. The SMILES string of the molecule is CCOCCCN(CC(F)(F)F)C(=O)c1csc(CN)n1. The largest absolute Gasteiger partial charge is 0.406 e. The summed E-state index contributed by atoms with van der Waals surface area (Å²) in [4.78, 5) is 16.8. The molecule has 0 spiro atoms. The van der Waals surface area contributed by atoms with Crippen molar-refractivity contribution in [3.05, 3.63) is 16.1 Å². The van der Waals surface area contributed by atoms with Crippen LogP contribution in [0.15, 0.2) is 5.38 Å². The standard InChI is InChI=1S/C12H18F3N3O2S/c1-2-20-5-3-4-18(8-12(13,14)15)11(19)9-7-21-10(6-16)17-9/h7H,2-6,8,16H2,1H3. The maximum absolute atomic E-state index is 12.6. The smallest absolute Gasteiger partial charge is 0.382 e. The van der Waals surface area contributed by atoms with E-state index in [1.807, 2.05) is 0 Å². The van der Waals surface area contributed by atoms with Crippen molar-refractivity contribution in [3.8, 4) is 0 Å². The Labute approximate surface area is 124 Å². The number of rotatable bonds is 8. The second-order valence-electron chi connectivity index (χ2n) is 4.22. The molecular formula is C12H18F3N3O2S. The number of thiazole rings is 1. The highest BCUT2D eigenvalue weighted by Gasteiger charge is 2.33. The molecule has 0 aliphatic heterocycles. The lowest BCUT2D eigenvalue weighted by Crippen LogP contribution is -2.40. The molecule has 0 unspecified atom stereocenters. The first-order valence-electron chi connectivity index (χ1n) is 6.45. The number of hydrogen-bond donors (Lipinski definition) is 1. The van der Waals surface area contributed by atoms with Crippen LogP contribution in [0.4, 0.5) is 13.2 Å². The van der Waals surface area contributed by atoms with Crippen molar-refractivity contribution in [3.63, 3.8) is 0 Å². The third kappa shape index (κ3) is 6.40. The van der Waals surface area contributed by atoms with Crippen LogP contribution < -0.4 is 5.73 Å². The first-order chi connectivity index (χ1) is 9.87. The molecule has 0 saturated carbocycles. The number of nitrogens with two attached hydrogens (primary N) is 1. The van der Waals surface area contributed by atoms with Gasteiger partial charge in [0.1, 0.15) is 17.2 Å². The minimum absolute atomic E-state index is 0.00103. The van der Waals surface area contributed by atoms with Crippen LogP contribution in [-0.2, 0) is 11.3 Å². The van der Waals surface area contributed by atoms with Crippen molar-refractivity contribution in [1.29, 1.82) is 0 Å². The maximum Gasteiger partial charge on any atom is 0.406 e. The summed E-state index contributed by atoms with van der Waals surface area (Å²) in [7, 11) is 0. The molecule has 0 atom stereocenters. The van der Waals surface area contributed by atoms with Crippen molar-refractivity contribution in [2.75, 3.05) is 26.3 Å². The van der Waals surface area contributed by atoms with E-state index in [4.69, 9.17) is 10.5 Å². The number of hydrogen-bond acceptors (Lipinski definition) is 5. The number of aromatic nitrogens is 1. The molecule has 120 valence electrons. The third-order valence-corrected chi connectivity index (χ3v) is 3.39. The highest BCUT2D eigenvalue weighted by Crippen LogP contribution is 2.19. The lowest BCUT2D eigenvalue weighted by Gasteiger charge is -2.23. The van der Waals surface area contributed by atoms with E-state index in [-0.39, 0.29) is 18.8 Å². The Bertz CT molecular complexity index is 451. The van der Waals surface area contributed by atoms with Crippen molar-refractivity contribution in [2.45, 2.75) is 26.1 Å². The monoisotopic (exact) mass is 325 g/mol. The Hall–Kier alpha value is -1.19. The Morgan fingerprint density at radius 3 is 2.76 bits per heavy atom. The molecule has 21 heavy (non-hydrogen) atoms. The molecule has 1 aromatic heterocycles. The summed E-state index contributed by atoms with van der Waals surface area (Å²) in [5.41, 5.74) is 5.38. The molecule has 1 amide bonds. The van der Waals surface area contributed by atoms with Crippen molar-refractivity contribution >= 4 is 17.2 Å². The average Bonchev–Trinajstić information content (AvgIpc) is 2.89. The number of carbonyl (C=O) groups is 1. The highest BCUT2D eigenvalue weighted by atomic mass is 32.1. The zero-order valence-corrected chi connectivity index (χ0v) is 12.5. The Kier molecular flexibility index (Phi) is 7.06. The number of ether oxygens (including phenoxy) is 1. The van der Waals surface area contributed by atoms with Gasteiger partial charge in [0.15, 0.2) is 0 Å². The van der Waals surface area contributed by atoms with Gasteiger partial charge in [0.25, 0.3) is 5.91 Å². The van der Waals surface area contributed by atoms with Crippen LogP contribution in [0, 0.1) is 0 Å². The molecule has 0 fully saturated rings. The summed E-state index contributed by atoms with van der Waals surface area (Å²) in [5.74, 6) is -0.736. The molecule has 0 aliphatic rings. The van der Waals surface area contributed by atoms with Crippen LogP contribution in [0.5, 0.6) is 0 Å². The van der Waals surface area contributed by atoms with Gasteiger partial charge < -0.3 is 15.4 Å². The van der Waals surface area contributed by atoms with Gasteiger partial charge in [-0.1, -0.05) is 0 Å². The quantitative estimate of drug-likeness (QED) is 0.743. The van der Waals surface area contributed by atoms with Gasteiger partial charge in [0.2, 0.25) is 0 Å². The Balaban J connectivity index is 2.71. The minimum atomic E-state index is -4.45. The van der Waals surface area contributed by atoms with Gasteiger partial charge in [-0.3, -0.25) is 4.79 Å². The fraction of sp³-hybridized carbons (Fsp3) is 0.667. The number of amides is 1. The van der Waals surface area contributed by atoms with Crippen molar-refractivity contribution < 1.29 is 22.7 Å². The molecule has 0 aromatic carbocycles. The average molecular weight is 325 g/mol. The summed E-state index contributed by atoms with van der Waals surface area (Å²) >= 11 is 1.16. The summed E-state index contributed by atoms with van der Waals surface area (Å²) in [6.07, 6.45) is -4.11. The van der Waals surface area contributed by atoms with E-state index in [9.17, 15) is 18.0 Å². The molecule has 0 saturated heterocycles. The van der Waals surface area contributed by atoms with E-state index in [1.165, 1.54) is 5.38 Å². The zero-order chi connectivity index (χ0) is 15.9. The summed E-state index contributed by atoms with van der Waals surface area (Å²) in [6.45, 7) is 1.41. The minimum Gasteiger partial charge on any atom is -0.382 e. The topological polar surface area (TPSA) is 68.5 Å². The first kappa shape index (κ1) is 17.9. The maximum atomic E-state index is 12.6. The Morgan fingerprint density at radius 2 is 2.24 bits per heavy atom. The molecule has 2 N–H and O–H groups in total. The summed E-state index contributed by atoms with van der Waals surface area (Å²) in [5, 5.41) is 1.94. The van der Waals surface area contributed by atoms with Gasteiger partial charge in [-0.2, -0.15) is 13.2 Å². The van der Waals surface area contributed by atoms with Crippen LogP contribution in [-0.4, -0.2) is 48.3 Å². The molecule has 9 heteroatoms. The predicted molar refractivity (Wildman–Crippen MR) is 73.1 cm³/mol. The number of halogens is 3. The van der Waals surface area contributed by atoms with E-state index >= 15 is 0 Å². The van der Waals surface area contributed by atoms with Crippen LogP contribution >= 0.6 is 11.3 Å². The van der Waals surface area contributed by atoms with Gasteiger partial charge in [-0.05, 0) is 13.3 Å². The van der Waals surface area contributed by atoms with Gasteiger partial charge in [-0.25, -0.2) is 4.98 Å². The lowest BCUT2D eigenvalue weighted by molar-refractivity contribution is -0.141. The van der Waals surface area contributed by atoms with Gasteiger partial charge in [0.05, 0.1) is 0 Å². The lowest BCUT2D eigenvalue weighted by atomic mass is 10.3. The van der Waals surface area contributed by atoms with Crippen molar-refractivity contribution in [2.24, 2.45) is 5.73 Å². The van der Waals surface area contributed by atoms with E-state index in [1.54, 1.807) is 6.92 Å². The number of nitrogens with zero attached hydrogens (tertiary/aromatic N) is 2. The molecule has 1 aromatic rings. The van der Waals surface area contributed by atoms with Crippen molar-refractivity contribution in [1.82, 2.24) is 9.88 Å². The number of alkyl halides is 3. The molecular weight excluding hydrogens is 307 g/mol. The van der Waals surface area contributed by atoms with Crippen LogP contribution in [0.1, 0.15) is 28.8 Å². The van der Waals surface area contributed by atoms with E-state index in [0.717, 1.165) is 16.2 Å². The van der Waals surface area contributed by atoms with Crippen LogP contribution in [0.3, 0.4) is 0 Å². The molecule has 1 heterocycles. The fourth-order valence-electron chi connectivity index (χ4n) is 1.64. The highest BCUT2D eigenvalue weighted by molar-refractivity contribution is 7.09. The second-order valence-corrected chi connectivity index (χ2v) is 5.17. The van der Waals surface area contributed by atoms with E-state index in [2.05, 4.69) is 4.98 Å². The summed E-state index contributed by atoms with van der Waals surface area (Å²) in [6, 6.07) is 0. The summed E-state index contributed by atoms with van der Waals surface area (Å²) < 4.78 is 42.8. The first-order valence-corrected chi connectivity index (χ1v) is 7.33. The van der Waals surface area contributed by atoms with Gasteiger partial charge in [-0.15, -0.1) is 11.3 Å². The van der Waals surface area contributed by atoms with Gasteiger partial charge >= 0.3 is 6.18 Å². The zero-order valence-electron chi connectivity index (χ0n) is 11.7. The molecule has 0 aliphatic carbocycles.